The molecule has 3 fully saturated rings. The van der Waals surface area contributed by atoms with E-state index in [-0.39, 0.29) is 53.6 Å². The number of benzene rings is 6. The maximum absolute atomic E-state index is 13.4. The van der Waals surface area contributed by atoms with Gasteiger partial charge in [0.2, 0.25) is 0 Å². The fourth-order valence-electron chi connectivity index (χ4n) is 12.0. The van der Waals surface area contributed by atoms with Gasteiger partial charge in [-0.2, -0.15) is 13.2 Å². The number of piperazine rings is 1. The van der Waals surface area contributed by atoms with Crippen LogP contribution < -0.4 is 5.32 Å². The minimum absolute atomic E-state index is 0.0131. The first kappa shape index (κ1) is 63.7. The number of nitrogens with zero attached hydrogens (tertiary/aromatic N) is 8. The second-order valence-corrected chi connectivity index (χ2v) is 23.5. The van der Waals surface area contributed by atoms with Crippen LogP contribution in [-0.2, 0) is 24.4 Å². The molecule has 91 heavy (non-hydrogen) atoms. The van der Waals surface area contributed by atoms with Crippen LogP contribution in [-0.4, -0.2) is 128 Å². The zero-order valence-corrected chi connectivity index (χ0v) is 51.0. The summed E-state index contributed by atoms with van der Waals surface area (Å²) in [5.41, 5.74) is 12.5. The van der Waals surface area contributed by atoms with E-state index in [2.05, 4.69) is 82.2 Å². The van der Waals surface area contributed by atoms with Crippen LogP contribution in [0.15, 0.2) is 158 Å². The number of ether oxygens (including phenoxy) is 1. The lowest BCUT2D eigenvalue weighted by atomic mass is 9.98. The van der Waals surface area contributed by atoms with Crippen molar-refractivity contribution >= 4 is 50.1 Å². The van der Waals surface area contributed by atoms with Crippen molar-refractivity contribution in [2.24, 2.45) is 0 Å². The number of rotatable bonds is 13. The number of aryl methyl sites for hydroxylation is 1. The Kier molecular flexibility index (Phi) is 19.7. The summed E-state index contributed by atoms with van der Waals surface area (Å²) in [6.45, 7) is 14.8. The lowest BCUT2D eigenvalue weighted by Gasteiger charge is -2.33. The van der Waals surface area contributed by atoms with Gasteiger partial charge in [0.15, 0.2) is 23.5 Å². The first-order valence-corrected chi connectivity index (χ1v) is 30.4. The minimum Gasteiger partial charge on any atom is -0.366 e. The summed E-state index contributed by atoms with van der Waals surface area (Å²) in [7, 11) is 0. The number of carbonyl (C=O) groups is 3. The molecule has 7 heterocycles. The lowest BCUT2D eigenvalue weighted by molar-refractivity contribution is -0.237. The molecule has 4 aromatic heterocycles. The molecule has 1 N–H and O–H groups in total. The van der Waals surface area contributed by atoms with E-state index in [4.69, 9.17) is 4.74 Å². The Balaban J connectivity index is 0.000000141. The second-order valence-electron chi connectivity index (χ2n) is 23.5. The standard InChI is InChI=1S/C27H27FN4O.C23H20F4N2O2.C22H22FN3O/c1-18-15-32(17-29-18)23-9-11-31(12-10-23)16-20-3-8-24-25(21-4-6-22(28)7-5-21)14-26(19(2)33)30-27(24)13-20;1-14(30)20-11-19(16-3-5-17(24)6-4-16)18-7-2-15(10-21(18)28-20)12-29-8-9-31-22(13-29)23(25,26)27;1-15(27)21-13-20(17-3-5-18(23)6-4-17)19-7-2-16(12-22(19)25-21)14-26-10-8-24-9-11-26/h3-8,13-15,17,23H,9-12,16H2,1-2H3;2-7,10-11,22H,8-9,12-13H2,1H3;2-7,12-13,24H,8-11,14H2,1H3. The van der Waals surface area contributed by atoms with Gasteiger partial charge in [0.1, 0.15) is 34.5 Å². The summed E-state index contributed by atoms with van der Waals surface area (Å²) in [6.07, 6.45) is 0.0744. The third kappa shape index (κ3) is 15.8. The van der Waals surface area contributed by atoms with Crippen LogP contribution >= 0.6 is 0 Å². The summed E-state index contributed by atoms with van der Waals surface area (Å²) in [5.74, 6) is -1.29. The molecular formula is C72H69F6N9O4. The molecule has 10 aromatic rings. The van der Waals surface area contributed by atoms with E-state index in [1.54, 1.807) is 65.6 Å². The van der Waals surface area contributed by atoms with Crippen molar-refractivity contribution < 1.29 is 45.5 Å². The second kappa shape index (κ2) is 28.1. The Morgan fingerprint density at radius 1 is 0.516 bits per heavy atom. The number of hydrogen-bond donors (Lipinski definition) is 1. The Labute approximate surface area is 523 Å². The highest BCUT2D eigenvalue weighted by atomic mass is 19.4. The summed E-state index contributed by atoms with van der Waals surface area (Å²) in [5, 5.41) is 6.07. The van der Waals surface area contributed by atoms with Gasteiger partial charge in [-0.15, -0.1) is 0 Å². The molecule has 468 valence electrons. The van der Waals surface area contributed by atoms with Crippen LogP contribution in [0, 0.1) is 24.4 Å². The number of piperidine rings is 1. The quantitative estimate of drug-likeness (QED) is 0.0868. The van der Waals surface area contributed by atoms with Crippen molar-refractivity contribution in [3.05, 3.63) is 215 Å². The van der Waals surface area contributed by atoms with Crippen LogP contribution in [0.5, 0.6) is 0 Å². The van der Waals surface area contributed by atoms with Gasteiger partial charge in [-0.25, -0.2) is 33.1 Å². The largest absolute Gasteiger partial charge is 0.415 e. The zero-order valence-electron chi connectivity index (χ0n) is 51.0. The number of Topliss-reactive ketones (excluding diaryl/α,β-unsaturated/α-hetero) is 3. The molecule has 19 heteroatoms. The van der Waals surface area contributed by atoms with Gasteiger partial charge in [0.05, 0.1) is 35.2 Å². The summed E-state index contributed by atoms with van der Waals surface area (Å²) in [6, 6.07) is 42.5. The molecule has 0 amide bonds. The number of imidazole rings is 1. The number of ketones is 3. The van der Waals surface area contributed by atoms with Gasteiger partial charge in [0, 0.05) is 121 Å². The van der Waals surface area contributed by atoms with Crippen molar-refractivity contribution in [3.63, 3.8) is 0 Å². The van der Waals surface area contributed by atoms with Gasteiger partial charge >= 0.3 is 6.18 Å². The van der Waals surface area contributed by atoms with Gasteiger partial charge < -0.3 is 14.6 Å². The maximum Gasteiger partial charge on any atom is 0.415 e. The number of alkyl halides is 3. The van der Waals surface area contributed by atoms with E-state index >= 15 is 0 Å². The number of pyridine rings is 3. The summed E-state index contributed by atoms with van der Waals surface area (Å²) in [4.78, 5) is 60.7. The fourth-order valence-corrected chi connectivity index (χ4v) is 12.0. The molecule has 13 nitrogen and oxygen atoms in total. The highest BCUT2D eigenvalue weighted by molar-refractivity contribution is 6.03. The van der Waals surface area contributed by atoms with Gasteiger partial charge in [-0.3, -0.25) is 29.1 Å². The number of nitrogens with one attached hydrogen (secondary N) is 1. The number of carbonyl (C=O) groups excluding carboxylic acids is 3. The highest BCUT2D eigenvalue weighted by Gasteiger charge is 2.43. The number of aromatic nitrogens is 5. The molecule has 0 radical (unpaired) electrons. The van der Waals surface area contributed by atoms with Crippen LogP contribution in [0.4, 0.5) is 26.3 Å². The number of morpholine rings is 1. The van der Waals surface area contributed by atoms with E-state index in [9.17, 15) is 40.7 Å². The molecule has 3 aliphatic rings. The van der Waals surface area contributed by atoms with Crippen molar-refractivity contribution in [1.82, 2.24) is 44.5 Å². The van der Waals surface area contributed by atoms with Crippen LogP contribution in [0.3, 0.4) is 0 Å². The third-order valence-corrected chi connectivity index (χ3v) is 16.8. The molecule has 6 aromatic carbocycles. The van der Waals surface area contributed by atoms with E-state index in [1.807, 2.05) is 25.4 Å². The normalized spacial score (nSPS) is 16.1. The first-order chi connectivity index (χ1) is 43.8. The highest BCUT2D eigenvalue weighted by Crippen LogP contribution is 2.35. The van der Waals surface area contributed by atoms with Crippen LogP contribution in [0.2, 0.25) is 0 Å². The molecule has 13 rings (SSSR count). The van der Waals surface area contributed by atoms with Crippen molar-refractivity contribution in [2.75, 3.05) is 59.0 Å². The minimum atomic E-state index is -4.40. The summed E-state index contributed by atoms with van der Waals surface area (Å²) >= 11 is 0. The van der Waals surface area contributed by atoms with Crippen LogP contribution in [0.1, 0.15) is 93.5 Å². The Bertz CT molecular complexity index is 4260. The molecular weight excluding hydrogens is 1170 g/mol. The molecule has 0 aliphatic carbocycles. The lowest BCUT2D eigenvalue weighted by Crippen LogP contribution is -2.48. The average molecular weight is 1240 g/mol. The van der Waals surface area contributed by atoms with E-state index in [0.29, 0.717) is 36.0 Å². The van der Waals surface area contributed by atoms with E-state index in [0.717, 1.165) is 137 Å². The first-order valence-electron chi connectivity index (χ1n) is 30.4. The monoisotopic (exact) mass is 1240 g/mol. The van der Waals surface area contributed by atoms with E-state index in [1.165, 1.54) is 68.3 Å². The van der Waals surface area contributed by atoms with Gasteiger partial charge in [-0.05, 0) is 143 Å². The number of halogens is 6. The molecule has 0 spiro atoms. The number of hydrogen-bond acceptors (Lipinski definition) is 12. The van der Waals surface area contributed by atoms with Crippen molar-refractivity contribution in [1.29, 1.82) is 0 Å². The Morgan fingerprint density at radius 2 is 0.901 bits per heavy atom. The van der Waals surface area contributed by atoms with Crippen LogP contribution in [0.25, 0.3) is 66.1 Å². The predicted molar refractivity (Wildman–Crippen MR) is 341 cm³/mol. The fraction of sp³-hybridized carbons (Fsp3) is 0.292. The molecule has 3 saturated heterocycles. The molecule has 0 saturated carbocycles. The predicted octanol–water partition coefficient (Wildman–Crippen LogP) is 14.2. The zero-order chi connectivity index (χ0) is 63.9. The number of likely N-dealkylation sites (tertiary alicyclic amines) is 1. The third-order valence-electron chi connectivity index (χ3n) is 16.8. The van der Waals surface area contributed by atoms with Gasteiger partial charge in [0.25, 0.3) is 0 Å². The van der Waals surface area contributed by atoms with E-state index < -0.39 is 12.3 Å². The number of fused-ring (bicyclic) bond motifs is 3. The smallest absolute Gasteiger partial charge is 0.366 e. The Morgan fingerprint density at radius 3 is 1.26 bits per heavy atom. The SMILES string of the molecule is CC(=O)c1cc(-c2ccc(F)cc2)c2ccc(CN3CCC(n4cnc(C)c4)CC3)cc2n1.CC(=O)c1cc(-c2ccc(F)cc2)c2ccc(CN3CCNCC3)cc2n1.CC(=O)c1cc(-c2ccc(F)cc2)c2ccc(CN3CCOC(C(F)(F)F)C3)cc2n1. The Hall–Kier alpha value is -8.85. The molecule has 1 atom stereocenters. The average Bonchev–Trinajstić information content (AvgIpc) is 1.19. The van der Waals surface area contributed by atoms with Crippen molar-refractivity contribution in [3.8, 4) is 33.4 Å². The maximum atomic E-state index is 13.4. The molecule has 0 bridgehead atoms. The summed E-state index contributed by atoms with van der Waals surface area (Å²) < 4.78 is 86.2. The van der Waals surface area contributed by atoms with Gasteiger partial charge in [-0.1, -0.05) is 72.8 Å². The van der Waals surface area contributed by atoms with Crippen molar-refractivity contribution in [2.45, 2.75) is 78.5 Å². The molecule has 1 unspecified atom stereocenters. The molecule has 3 aliphatic heterocycles. The topological polar surface area (TPSA) is 139 Å².